The highest BCUT2D eigenvalue weighted by Crippen LogP contribution is 2.38. The van der Waals surface area contributed by atoms with Gasteiger partial charge in [0, 0.05) is 24.1 Å². The number of nitrogen functional groups attached to an aromatic ring is 1. The molecule has 2 heterocycles. The molecule has 0 unspecified atom stereocenters. The fourth-order valence-corrected chi connectivity index (χ4v) is 3.77. The van der Waals surface area contributed by atoms with Gasteiger partial charge >= 0.3 is 6.18 Å². The number of hydrogen-bond donors (Lipinski definition) is 2. The minimum absolute atomic E-state index is 0.0236. The van der Waals surface area contributed by atoms with Crippen LogP contribution in [0.4, 0.5) is 30.4 Å². The van der Waals surface area contributed by atoms with Crippen LogP contribution in [-0.2, 0) is 11.0 Å². The molecule has 0 saturated heterocycles. The Kier molecular flexibility index (Phi) is 5.31. The first kappa shape index (κ1) is 21.7. The van der Waals surface area contributed by atoms with E-state index >= 15 is 0 Å². The zero-order valence-electron chi connectivity index (χ0n) is 17.7. The van der Waals surface area contributed by atoms with Crippen molar-refractivity contribution in [3.05, 3.63) is 47.3 Å². The van der Waals surface area contributed by atoms with E-state index in [1.54, 1.807) is 30.9 Å². The number of benzene rings is 2. The second-order valence-electron chi connectivity index (χ2n) is 7.73. The van der Waals surface area contributed by atoms with Crippen molar-refractivity contribution in [2.75, 3.05) is 29.1 Å². The van der Waals surface area contributed by atoms with Gasteiger partial charge in [0.25, 0.3) is 0 Å². The second kappa shape index (κ2) is 7.85. The molecule has 0 radical (unpaired) electrons. The van der Waals surface area contributed by atoms with Gasteiger partial charge in [0.15, 0.2) is 0 Å². The summed E-state index contributed by atoms with van der Waals surface area (Å²) in [7, 11) is 0. The Morgan fingerprint density at radius 2 is 1.97 bits per heavy atom. The highest BCUT2D eigenvalue weighted by Gasteiger charge is 2.31. The first-order chi connectivity index (χ1) is 15.0. The number of halogens is 3. The number of amides is 1. The molecule has 1 aliphatic heterocycles. The maximum atomic E-state index is 13.2. The average Bonchev–Trinajstić information content (AvgIpc) is 2.70. The zero-order valence-corrected chi connectivity index (χ0v) is 17.7. The van der Waals surface area contributed by atoms with E-state index in [1.807, 2.05) is 0 Å². The number of rotatable bonds is 3. The largest absolute Gasteiger partial charge is 0.489 e. The van der Waals surface area contributed by atoms with Gasteiger partial charge in [0.05, 0.1) is 29.4 Å². The van der Waals surface area contributed by atoms with Crippen LogP contribution in [0.5, 0.6) is 5.75 Å². The Labute approximate surface area is 182 Å². The molecule has 3 aromatic rings. The standard InChI is InChI=1S/C22H22F3N5O2/c1-11(14-6-15(22(23,24)25)8-16(26)7-14)27-21-17-9-19-20(10-18(17)28-12(2)29-21)32-5-4-30(19)13(3)31/h6-11H,4-5,26H2,1-3H3,(H,27,28,29)/t11-/m1/s1. The summed E-state index contributed by atoms with van der Waals surface area (Å²) in [4.78, 5) is 22.6. The number of ether oxygens (including phenoxy) is 1. The number of hydrogen-bond acceptors (Lipinski definition) is 6. The van der Waals surface area contributed by atoms with E-state index in [-0.39, 0.29) is 11.6 Å². The molecule has 0 spiro atoms. The molecule has 0 saturated carbocycles. The number of nitrogens with two attached hydrogens (primary N) is 1. The molecule has 1 amide bonds. The number of carbonyl (C=O) groups excluding carboxylic acids is 1. The number of alkyl halides is 3. The number of anilines is 3. The van der Waals surface area contributed by atoms with Crippen molar-refractivity contribution in [2.24, 2.45) is 0 Å². The monoisotopic (exact) mass is 445 g/mol. The fourth-order valence-electron chi connectivity index (χ4n) is 3.77. The third-order valence-electron chi connectivity index (χ3n) is 5.29. The molecule has 0 fully saturated rings. The van der Waals surface area contributed by atoms with Gasteiger partial charge < -0.3 is 20.7 Å². The lowest BCUT2D eigenvalue weighted by molar-refractivity contribution is -0.137. The Morgan fingerprint density at radius 3 is 2.66 bits per heavy atom. The molecule has 1 aliphatic rings. The van der Waals surface area contributed by atoms with Crippen molar-refractivity contribution in [2.45, 2.75) is 33.0 Å². The molecule has 168 valence electrons. The Morgan fingerprint density at radius 1 is 1.22 bits per heavy atom. The van der Waals surface area contributed by atoms with Crippen molar-refractivity contribution < 1.29 is 22.7 Å². The maximum absolute atomic E-state index is 13.2. The van der Waals surface area contributed by atoms with Crippen LogP contribution in [0.15, 0.2) is 30.3 Å². The molecule has 2 aromatic carbocycles. The number of aryl methyl sites for hydroxylation is 1. The van der Waals surface area contributed by atoms with Crippen molar-refractivity contribution in [3.63, 3.8) is 0 Å². The molecule has 0 aliphatic carbocycles. The molecular formula is C22H22F3N5O2. The summed E-state index contributed by atoms with van der Waals surface area (Å²) in [6.45, 7) is 5.72. The number of carbonyl (C=O) groups is 1. The number of fused-ring (bicyclic) bond motifs is 2. The van der Waals surface area contributed by atoms with E-state index in [4.69, 9.17) is 10.5 Å². The minimum atomic E-state index is -4.50. The zero-order chi connectivity index (χ0) is 23.2. The summed E-state index contributed by atoms with van der Waals surface area (Å²) in [5.41, 5.74) is 6.49. The third-order valence-corrected chi connectivity index (χ3v) is 5.29. The van der Waals surface area contributed by atoms with Crippen molar-refractivity contribution in [1.82, 2.24) is 9.97 Å². The quantitative estimate of drug-likeness (QED) is 0.579. The number of nitrogens with zero attached hydrogens (tertiary/aromatic N) is 3. The first-order valence-corrected chi connectivity index (χ1v) is 10.0. The van der Waals surface area contributed by atoms with E-state index in [1.165, 1.54) is 13.0 Å². The average molecular weight is 445 g/mol. The van der Waals surface area contributed by atoms with E-state index < -0.39 is 17.8 Å². The Bertz CT molecular complexity index is 1210. The van der Waals surface area contributed by atoms with Crippen molar-refractivity contribution >= 4 is 34.0 Å². The van der Waals surface area contributed by atoms with E-state index in [9.17, 15) is 18.0 Å². The molecule has 7 nitrogen and oxygen atoms in total. The smallest absolute Gasteiger partial charge is 0.416 e. The number of aromatic nitrogens is 2. The normalized spacial score (nSPS) is 14.6. The molecule has 3 N–H and O–H groups in total. The molecule has 1 atom stereocenters. The highest BCUT2D eigenvalue weighted by molar-refractivity contribution is 6.00. The molecule has 4 rings (SSSR count). The summed E-state index contributed by atoms with van der Waals surface area (Å²) in [5, 5.41) is 3.80. The van der Waals surface area contributed by atoms with Crippen LogP contribution in [0.1, 0.15) is 36.8 Å². The van der Waals surface area contributed by atoms with E-state index in [0.717, 1.165) is 12.1 Å². The van der Waals surface area contributed by atoms with Crippen LogP contribution in [0, 0.1) is 6.92 Å². The first-order valence-electron chi connectivity index (χ1n) is 10.0. The topological polar surface area (TPSA) is 93.4 Å². The van der Waals surface area contributed by atoms with Crippen molar-refractivity contribution in [3.8, 4) is 5.75 Å². The SMILES string of the molecule is CC(=O)N1CCOc2cc3nc(C)nc(N[C@H](C)c4cc(N)cc(C(F)(F)F)c4)c3cc21. The van der Waals surface area contributed by atoms with Gasteiger partial charge in [-0.1, -0.05) is 0 Å². The van der Waals surface area contributed by atoms with Gasteiger partial charge in [0.2, 0.25) is 5.91 Å². The summed E-state index contributed by atoms with van der Waals surface area (Å²) >= 11 is 0. The molecular weight excluding hydrogens is 423 g/mol. The van der Waals surface area contributed by atoms with E-state index in [0.29, 0.717) is 52.7 Å². The highest BCUT2D eigenvalue weighted by atomic mass is 19.4. The van der Waals surface area contributed by atoms with Gasteiger partial charge in [-0.3, -0.25) is 4.79 Å². The van der Waals surface area contributed by atoms with Crippen molar-refractivity contribution in [1.29, 1.82) is 0 Å². The van der Waals surface area contributed by atoms with Gasteiger partial charge in [-0.25, -0.2) is 9.97 Å². The Hall–Kier alpha value is -3.56. The lowest BCUT2D eigenvalue weighted by atomic mass is 10.0. The molecule has 32 heavy (non-hydrogen) atoms. The predicted octanol–water partition coefficient (Wildman–Crippen LogP) is 4.46. The summed E-state index contributed by atoms with van der Waals surface area (Å²) in [6.07, 6.45) is -4.50. The summed E-state index contributed by atoms with van der Waals surface area (Å²) in [6, 6.07) is 6.44. The third kappa shape index (κ3) is 4.12. The van der Waals surface area contributed by atoms with Crippen LogP contribution < -0.4 is 20.7 Å². The predicted molar refractivity (Wildman–Crippen MR) is 116 cm³/mol. The van der Waals surface area contributed by atoms with Gasteiger partial charge in [-0.2, -0.15) is 13.2 Å². The van der Waals surface area contributed by atoms with E-state index in [2.05, 4.69) is 15.3 Å². The minimum Gasteiger partial charge on any atom is -0.489 e. The van der Waals surface area contributed by atoms with Crippen LogP contribution in [0.25, 0.3) is 10.9 Å². The Balaban J connectivity index is 1.77. The van der Waals surface area contributed by atoms with Crippen LogP contribution in [0.2, 0.25) is 0 Å². The van der Waals surface area contributed by atoms with Gasteiger partial charge in [0.1, 0.15) is 24.0 Å². The lowest BCUT2D eigenvalue weighted by Gasteiger charge is -2.29. The van der Waals surface area contributed by atoms with Crippen LogP contribution in [0.3, 0.4) is 0 Å². The van der Waals surface area contributed by atoms with Gasteiger partial charge in [-0.05, 0) is 43.7 Å². The van der Waals surface area contributed by atoms with Gasteiger partial charge in [-0.15, -0.1) is 0 Å². The number of nitrogens with one attached hydrogen (secondary N) is 1. The summed E-state index contributed by atoms with van der Waals surface area (Å²) < 4.78 is 45.4. The second-order valence-corrected chi connectivity index (χ2v) is 7.73. The summed E-state index contributed by atoms with van der Waals surface area (Å²) in [5.74, 6) is 1.34. The van der Waals surface area contributed by atoms with Crippen LogP contribution >= 0.6 is 0 Å². The molecule has 10 heteroatoms. The lowest BCUT2D eigenvalue weighted by Crippen LogP contribution is -2.36. The maximum Gasteiger partial charge on any atom is 0.416 e. The molecule has 0 bridgehead atoms. The fraction of sp³-hybridized carbons (Fsp3) is 0.318. The molecule has 1 aromatic heterocycles. The van der Waals surface area contributed by atoms with Crippen LogP contribution in [-0.4, -0.2) is 29.0 Å².